The van der Waals surface area contributed by atoms with Crippen molar-refractivity contribution in [3.05, 3.63) is 45.6 Å². The summed E-state index contributed by atoms with van der Waals surface area (Å²) in [5.41, 5.74) is 2.13. The molecule has 0 unspecified atom stereocenters. The van der Waals surface area contributed by atoms with E-state index in [0.29, 0.717) is 6.61 Å². The molecular weight excluding hydrogens is 322 g/mol. The standard InChI is InChI=1S/C19H21NO3S/c1-22-18-7-2-6-16-12-20(8-4-10-23-19(16)18)13-17-11-15(14-24-17)5-3-9-21/h2,6-7,11,14,21H,4,8-10,12-13H2,1H3. The third-order valence-corrected chi connectivity index (χ3v) is 4.81. The molecule has 2 heterocycles. The first kappa shape index (κ1) is 16.8. The lowest BCUT2D eigenvalue weighted by atomic mass is 10.1. The van der Waals surface area contributed by atoms with Crippen molar-refractivity contribution in [1.29, 1.82) is 0 Å². The van der Waals surface area contributed by atoms with Crippen LogP contribution in [0.5, 0.6) is 11.5 Å². The number of ether oxygens (including phenoxy) is 2. The lowest BCUT2D eigenvalue weighted by Gasteiger charge is -2.26. The second-order valence-corrected chi connectivity index (χ2v) is 6.62. The van der Waals surface area contributed by atoms with E-state index in [1.807, 2.05) is 17.5 Å². The molecule has 4 nitrogen and oxygen atoms in total. The molecule has 0 saturated carbocycles. The van der Waals surface area contributed by atoms with Crippen molar-refractivity contribution >= 4 is 11.3 Å². The van der Waals surface area contributed by atoms with Crippen molar-refractivity contribution in [1.82, 2.24) is 4.90 Å². The summed E-state index contributed by atoms with van der Waals surface area (Å²) in [4.78, 5) is 3.71. The summed E-state index contributed by atoms with van der Waals surface area (Å²) in [5, 5.41) is 10.8. The van der Waals surface area contributed by atoms with Crippen molar-refractivity contribution in [2.24, 2.45) is 0 Å². The number of aliphatic hydroxyl groups excluding tert-OH is 1. The Kier molecular flexibility index (Phi) is 5.76. The average molecular weight is 343 g/mol. The van der Waals surface area contributed by atoms with Crippen LogP contribution in [0.15, 0.2) is 29.6 Å². The molecule has 1 aromatic carbocycles. The zero-order valence-corrected chi connectivity index (χ0v) is 14.6. The second-order valence-electron chi connectivity index (χ2n) is 5.62. The van der Waals surface area contributed by atoms with Crippen molar-refractivity contribution in [3.63, 3.8) is 0 Å². The van der Waals surface area contributed by atoms with E-state index in [2.05, 4.69) is 28.9 Å². The van der Waals surface area contributed by atoms with Gasteiger partial charge in [0.25, 0.3) is 0 Å². The van der Waals surface area contributed by atoms with Crippen LogP contribution < -0.4 is 9.47 Å². The van der Waals surface area contributed by atoms with E-state index < -0.39 is 0 Å². The second kappa shape index (κ2) is 8.20. The minimum Gasteiger partial charge on any atom is -0.493 e. The molecule has 1 aliphatic heterocycles. The topological polar surface area (TPSA) is 41.9 Å². The van der Waals surface area contributed by atoms with Crippen molar-refractivity contribution in [3.8, 4) is 23.3 Å². The monoisotopic (exact) mass is 343 g/mol. The van der Waals surface area contributed by atoms with E-state index >= 15 is 0 Å². The molecule has 1 aliphatic rings. The first-order chi connectivity index (χ1) is 11.8. The maximum absolute atomic E-state index is 8.79. The average Bonchev–Trinajstić information content (AvgIpc) is 3.02. The fourth-order valence-corrected chi connectivity index (χ4v) is 3.68. The first-order valence-corrected chi connectivity index (χ1v) is 8.86. The van der Waals surface area contributed by atoms with Gasteiger partial charge in [0.05, 0.1) is 13.7 Å². The number of methoxy groups -OCH3 is 1. The van der Waals surface area contributed by atoms with Crippen LogP contribution in [-0.2, 0) is 13.1 Å². The SMILES string of the molecule is COc1cccc2c1OCCCN(Cc1cc(C#CCO)cs1)C2. The lowest BCUT2D eigenvalue weighted by molar-refractivity contribution is 0.196. The third-order valence-electron chi connectivity index (χ3n) is 3.88. The van der Waals surface area contributed by atoms with Crippen LogP contribution in [0.1, 0.15) is 22.4 Å². The summed E-state index contributed by atoms with van der Waals surface area (Å²) in [6, 6.07) is 8.16. The highest BCUT2D eigenvalue weighted by Gasteiger charge is 2.17. The lowest BCUT2D eigenvalue weighted by Crippen LogP contribution is -2.27. The van der Waals surface area contributed by atoms with E-state index in [1.54, 1.807) is 18.4 Å². The quantitative estimate of drug-likeness (QED) is 0.870. The summed E-state index contributed by atoms with van der Waals surface area (Å²) in [7, 11) is 1.68. The summed E-state index contributed by atoms with van der Waals surface area (Å²) in [6.45, 7) is 3.31. The molecule has 3 rings (SSSR count). The minimum atomic E-state index is -0.101. The van der Waals surface area contributed by atoms with Gasteiger partial charge in [-0.25, -0.2) is 0 Å². The van der Waals surface area contributed by atoms with Gasteiger partial charge < -0.3 is 14.6 Å². The van der Waals surface area contributed by atoms with Crippen molar-refractivity contribution in [2.75, 3.05) is 26.9 Å². The number of hydrogen-bond donors (Lipinski definition) is 1. The number of rotatable bonds is 3. The highest BCUT2D eigenvalue weighted by Crippen LogP contribution is 2.33. The largest absolute Gasteiger partial charge is 0.493 e. The molecule has 5 heteroatoms. The molecule has 126 valence electrons. The zero-order chi connectivity index (χ0) is 16.8. The molecule has 0 fully saturated rings. The van der Waals surface area contributed by atoms with Crippen LogP contribution >= 0.6 is 11.3 Å². The van der Waals surface area contributed by atoms with Crippen LogP contribution in [-0.4, -0.2) is 36.9 Å². The summed E-state index contributed by atoms with van der Waals surface area (Å²) >= 11 is 1.71. The van der Waals surface area contributed by atoms with Crippen LogP contribution in [0, 0.1) is 11.8 Å². The number of para-hydroxylation sites is 1. The molecule has 1 N–H and O–H groups in total. The van der Waals surface area contributed by atoms with Gasteiger partial charge in [-0.05, 0) is 18.6 Å². The van der Waals surface area contributed by atoms with Crippen molar-refractivity contribution < 1.29 is 14.6 Å². The molecular formula is C19H21NO3S. The Labute approximate surface area is 146 Å². The Morgan fingerprint density at radius 3 is 3.17 bits per heavy atom. The van der Waals surface area contributed by atoms with Gasteiger partial charge in [0, 0.05) is 41.0 Å². The predicted octanol–water partition coefficient (Wildman–Crippen LogP) is 2.89. The summed E-state index contributed by atoms with van der Waals surface area (Å²) in [5.74, 6) is 7.32. The molecule has 0 bridgehead atoms. The highest BCUT2D eigenvalue weighted by atomic mass is 32.1. The Balaban J connectivity index is 1.75. The number of fused-ring (bicyclic) bond motifs is 1. The number of hydrogen-bond acceptors (Lipinski definition) is 5. The van der Waals surface area contributed by atoms with Gasteiger partial charge in [-0.2, -0.15) is 0 Å². The van der Waals surface area contributed by atoms with Gasteiger partial charge in [-0.3, -0.25) is 4.90 Å². The van der Waals surface area contributed by atoms with Gasteiger partial charge >= 0.3 is 0 Å². The Morgan fingerprint density at radius 1 is 1.42 bits per heavy atom. The molecule has 24 heavy (non-hydrogen) atoms. The molecule has 1 aromatic heterocycles. The summed E-state index contributed by atoms with van der Waals surface area (Å²) in [6.07, 6.45) is 0.986. The number of benzene rings is 1. The number of nitrogens with zero attached hydrogens (tertiary/aromatic N) is 1. The zero-order valence-electron chi connectivity index (χ0n) is 13.7. The van der Waals surface area contributed by atoms with Gasteiger partial charge in [-0.1, -0.05) is 24.0 Å². The van der Waals surface area contributed by atoms with Crippen molar-refractivity contribution in [2.45, 2.75) is 19.5 Å². The third kappa shape index (κ3) is 4.09. The van der Waals surface area contributed by atoms with E-state index in [1.165, 1.54) is 4.88 Å². The van der Waals surface area contributed by atoms with Crippen LogP contribution in [0.3, 0.4) is 0 Å². The Bertz CT molecular complexity index is 745. The molecule has 0 amide bonds. The maximum Gasteiger partial charge on any atom is 0.165 e. The Morgan fingerprint density at radius 2 is 2.33 bits per heavy atom. The molecule has 0 spiro atoms. The molecule has 0 saturated heterocycles. The van der Waals surface area contributed by atoms with E-state index in [-0.39, 0.29) is 6.61 Å². The highest BCUT2D eigenvalue weighted by molar-refractivity contribution is 7.10. The van der Waals surface area contributed by atoms with Crippen LogP contribution in [0.25, 0.3) is 0 Å². The predicted molar refractivity (Wildman–Crippen MR) is 95.5 cm³/mol. The van der Waals surface area contributed by atoms with E-state index in [4.69, 9.17) is 14.6 Å². The Hall–Kier alpha value is -2.00. The van der Waals surface area contributed by atoms with Crippen LogP contribution in [0.4, 0.5) is 0 Å². The van der Waals surface area contributed by atoms with Crippen LogP contribution in [0.2, 0.25) is 0 Å². The molecule has 0 radical (unpaired) electrons. The number of aliphatic hydroxyl groups is 1. The van der Waals surface area contributed by atoms with Gasteiger partial charge in [0.15, 0.2) is 11.5 Å². The van der Waals surface area contributed by atoms with E-state index in [9.17, 15) is 0 Å². The first-order valence-electron chi connectivity index (χ1n) is 7.98. The molecule has 0 atom stereocenters. The smallest absolute Gasteiger partial charge is 0.165 e. The fraction of sp³-hybridized carbons (Fsp3) is 0.368. The normalized spacial score (nSPS) is 14.6. The maximum atomic E-state index is 8.79. The van der Waals surface area contributed by atoms with Gasteiger partial charge in [-0.15, -0.1) is 11.3 Å². The summed E-state index contributed by atoms with van der Waals surface area (Å²) < 4.78 is 11.3. The minimum absolute atomic E-state index is 0.101. The van der Waals surface area contributed by atoms with Gasteiger partial charge in [0.2, 0.25) is 0 Å². The van der Waals surface area contributed by atoms with Gasteiger partial charge in [0.1, 0.15) is 6.61 Å². The number of thiophene rings is 1. The molecule has 2 aromatic rings. The fourth-order valence-electron chi connectivity index (χ4n) is 2.82. The molecule has 0 aliphatic carbocycles. The van der Waals surface area contributed by atoms with E-state index in [0.717, 1.165) is 48.7 Å².